The third-order valence-corrected chi connectivity index (χ3v) is 11.3. The molecule has 1 unspecified atom stereocenters. The Labute approximate surface area is 322 Å². The van der Waals surface area contributed by atoms with Crippen molar-refractivity contribution < 1.29 is 9.47 Å². The first-order chi connectivity index (χ1) is 27.8. The quantitative estimate of drug-likeness (QED) is 0.180. The Morgan fingerprint density at radius 3 is 2.16 bits per heavy atom. The first-order valence-corrected chi connectivity index (χ1v) is 18.6. The first kappa shape index (κ1) is 30.8. The highest BCUT2D eigenvalue weighted by Crippen LogP contribution is 2.65. The van der Waals surface area contributed by atoms with E-state index in [4.69, 9.17) is 24.4 Å². The molecule has 7 nitrogen and oxygen atoms in total. The summed E-state index contributed by atoms with van der Waals surface area (Å²) in [6, 6.07) is 50.4. The third-order valence-electron chi connectivity index (χ3n) is 11.3. The van der Waals surface area contributed by atoms with Crippen molar-refractivity contribution in [3.05, 3.63) is 199 Å². The molecule has 2 aliphatic heterocycles. The molecule has 6 heterocycles. The number of ether oxygens (including phenoxy) is 2. The molecule has 0 saturated carbocycles. The second-order valence-electron chi connectivity index (χ2n) is 14.2. The molecule has 1 spiro atoms. The highest BCUT2D eigenvalue weighted by atomic mass is 16.5. The number of nitrogens with zero attached hydrogens (tertiary/aromatic N) is 5. The van der Waals surface area contributed by atoms with Gasteiger partial charge in [0, 0.05) is 69.9 Å². The summed E-state index contributed by atoms with van der Waals surface area (Å²) in [5.74, 6) is 2.80. The highest BCUT2D eigenvalue weighted by molar-refractivity contribution is 5.95. The van der Waals surface area contributed by atoms with Crippen molar-refractivity contribution in [1.82, 2.24) is 19.9 Å². The number of hydrogen-bond acceptors (Lipinski definition) is 7. The molecular formula is C49H29N5O2. The molecule has 0 radical (unpaired) electrons. The topological polar surface area (TPSA) is 73.3 Å². The fourth-order valence-electron chi connectivity index (χ4n) is 9.01. The highest BCUT2D eigenvalue weighted by Gasteiger charge is 2.54. The Morgan fingerprint density at radius 1 is 0.464 bits per heavy atom. The van der Waals surface area contributed by atoms with Crippen LogP contribution >= 0.6 is 0 Å². The average molecular weight is 720 g/mol. The van der Waals surface area contributed by atoms with Crippen molar-refractivity contribution in [3.8, 4) is 56.6 Å². The molecule has 0 fully saturated rings. The lowest BCUT2D eigenvalue weighted by atomic mass is 9.66. The summed E-state index contributed by atoms with van der Waals surface area (Å²) in [6.45, 7) is 0. The van der Waals surface area contributed by atoms with E-state index in [1.165, 1.54) is 0 Å². The summed E-state index contributed by atoms with van der Waals surface area (Å²) in [5.41, 5.74) is 13.0. The lowest BCUT2D eigenvalue weighted by molar-refractivity contribution is 0.391. The zero-order valence-corrected chi connectivity index (χ0v) is 29.8. The van der Waals surface area contributed by atoms with Crippen LogP contribution in [-0.2, 0) is 5.41 Å². The summed E-state index contributed by atoms with van der Waals surface area (Å²) < 4.78 is 13.9. The van der Waals surface area contributed by atoms with Crippen molar-refractivity contribution in [2.45, 2.75) is 5.41 Å². The molecule has 9 aromatic rings. The standard InChI is InChI=1S/C49H29N5O2/c1-3-17-42-36(14-1)49(38-19-20-41-48(47(38)55-42)56-43-18-4-2-16-40(43)54(41)34-21-25-50-26-22-34)37-15-8-24-52-45(37)46-39(49)28-33(29-53-46)31-10-5-11-32(27-31)35-13-6-9-30-12-7-23-51-44(30)35/h1-29H. The zero-order valence-electron chi connectivity index (χ0n) is 29.8. The van der Waals surface area contributed by atoms with E-state index in [1.54, 1.807) is 0 Å². The number of aromatic nitrogens is 4. The van der Waals surface area contributed by atoms with E-state index in [0.29, 0.717) is 11.5 Å². The van der Waals surface area contributed by atoms with Gasteiger partial charge in [0.25, 0.3) is 0 Å². The molecule has 262 valence electrons. The Morgan fingerprint density at radius 2 is 1.21 bits per heavy atom. The maximum Gasteiger partial charge on any atom is 0.194 e. The van der Waals surface area contributed by atoms with Gasteiger partial charge in [0.05, 0.1) is 33.7 Å². The monoisotopic (exact) mass is 719 g/mol. The van der Waals surface area contributed by atoms with E-state index in [9.17, 15) is 0 Å². The number of rotatable bonds is 3. The molecule has 1 atom stereocenters. The predicted molar refractivity (Wildman–Crippen MR) is 218 cm³/mol. The van der Waals surface area contributed by atoms with Gasteiger partial charge in [-0.05, 0) is 77.4 Å². The number of anilines is 3. The van der Waals surface area contributed by atoms with Gasteiger partial charge in [-0.25, -0.2) is 0 Å². The third kappa shape index (κ3) is 4.22. The summed E-state index contributed by atoms with van der Waals surface area (Å²) >= 11 is 0. The number of fused-ring (bicyclic) bond motifs is 13. The van der Waals surface area contributed by atoms with Gasteiger partial charge in [0.15, 0.2) is 17.2 Å². The molecule has 12 rings (SSSR count). The fraction of sp³-hybridized carbons (Fsp3) is 0.0204. The maximum atomic E-state index is 7.00. The molecule has 5 aromatic carbocycles. The van der Waals surface area contributed by atoms with E-state index in [2.05, 4.69) is 101 Å². The second-order valence-corrected chi connectivity index (χ2v) is 14.2. The minimum absolute atomic E-state index is 0.645. The SMILES string of the molecule is c1cc(-c2cnc3c(c2)C2(c4ccccc4Oc4c2ccc2c4Oc4ccccc4N2c2ccncc2)c2cccnc2-3)cc(-c2cccc3cccnc23)c1. The van der Waals surface area contributed by atoms with Crippen molar-refractivity contribution in [2.24, 2.45) is 0 Å². The van der Waals surface area contributed by atoms with Crippen LogP contribution in [-0.4, -0.2) is 19.9 Å². The van der Waals surface area contributed by atoms with Crippen LogP contribution in [0.3, 0.4) is 0 Å². The fourth-order valence-corrected chi connectivity index (χ4v) is 9.01. The minimum Gasteiger partial charge on any atom is -0.453 e. The predicted octanol–water partition coefficient (Wildman–Crippen LogP) is 11.8. The van der Waals surface area contributed by atoms with Crippen molar-refractivity contribution in [3.63, 3.8) is 0 Å². The van der Waals surface area contributed by atoms with E-state index in [-0.39, 0.29) is 0 Å². The number of benzene rings is 5. The average Bonchev–Trinajstić information content (AvgIpc) is 3.55. The van der Waals surface area contributed by atoms with Crippen molar-refractivity contribution >= 4 is 28.0 Å². The molecule has 0 bridgehead atoms. The zero-order chi connectivity index (χ0) is 36.8. The van der Waals surface area contributed by atoms with Crippen LogP contribution in [0.15, 0.2) is 177 Å². The Hall–Kier alpha value is -7.64. The molecule has 7 heteroatoms. The summed E-state index contributed by atoms with van der Waals surface area (Å²) in [5, 5.41) is 1.11. The van der Waals surface area contributed by atoms with Gasteiger partial charge in [-0.3, -0.25) is 19.9 Å². The van der Waals surface area contributed by atoms with Crippen LogP contribution in [0.1, 0.15) is 22.3 Å². The number of para-hydroxylation sites is 4. The molecule has 56 heavy (non-hydrogen) atoms. The summed E-state index contributed by atoms with van der Waals surface area (Å²) in [4.78, 5) is 21.5. The minimum atomic E-state index is -0.805. The number of hydrogen-bond donors (Lipinski definition) is 0. The molecular weight excluding hydrogens is 691 g/mol. The van der Waals surface area contributed by atoms with E-state index in [0.717, 1.165) is 95.4 Å². The van der Waals surface area contributed by atoms with Crippen LogP contribution in [0.5, 0.6) is 23.0 Å². The molecule has 3 aliphatic rings. The van der Waals surface area contributed by atoms with Gasteiger partial charge in [0.1, 0.15) is 5.75 Å². The largest absolute Gasteiger partial charge is 0.453 e. The Kier molecular flexibility index (Phi) is 6.42. The molecule has 0 N–H and O–H groups in total. The van der Waals surface area contributed by atoms with E-state index >= 15 is 0 Å². The van der Waals surface area contributed by atoms with Gasteiger partial charge < -0.3 is 14.4 Å². The van der Waals surface area contributed by atoms with Crippen LogP contribution in [0.4, 0.5) is 17.1 Å². The number of pyridine rings is 4. The summed E-state index contributed by atoms with van der Waals surface area (Å²) in [6.07, 6.45) is 9.30. The Bertz CT molecular complexity index is 3070. The molecule has 0 saturated heterocycles. The van der Waals surface area contributed by atoms with Crippen molar-refractivity contribution in [1.29, 1.82) is 0 Å². The van der Waals surface area contributed by atoms with Crippen LogP contribution in [0.25, 0.3) is 44.5 Å². The van der Waals surface area contributed by atoms with Crippen LogP contribution in [0, 0.1) is 0 Å². The summed E-state index contributed by atoms with van der Waals surface area (Å²) in [7, 11) is 0. The van der Waals surface area contributed by atoms with Crippen LogP contribution in [0.2, 0.25) is 0 Å². The van der Waals surface area contributed by atoms with Crippen LogP contribution < -0.4 is 14.4 Å². The smallest absolute Gasteiger partial charge is 0.194 e. The van der Waals surface area contributed by atoms with Gasteiger partial charge >= 0.3 is 0 Å². The van der Waals surface area contributed by atoms with Gasteiger partial charge in [-0.15, -0.1) is 0 Å². The first-order valence-electron chi connectivity index (χ1n) is 18.6. The van der Waals surface area contributed by atoms with Gasteiger partial charge in [-0.1, -0.05) is 84.9 Å². The molecule has 0 amide bonds. The molecule has 1 aliphatic carbocycles. The van der Waals surface area contributed by atoms with E-state index < -0.39 is 5.41 Å². The van der Waals surface area contributed by atoms with Crippen molar-refractivity contribution in [2.75, 3.05) is 4.90 Å². The van der Waals surface area contributed by atoms with Gasteiger partial charge in [0.2, 0.25) is 0 Å². The second kappa shape index (κ2) is 11.7. The normalized spacial score (nSPS) is 15.5. The lowest BCUT2D eigenvalue weighted by Crippen LogP contribution is -2.33. The van der Waals surface area contributed by atoms with Gasteiger partial charge in [-0.2, -0.15) is 0 Å². The lowest BCUT2D eigenvalue weighted by Gasteiger charge is -2.41. The Balaban J connectivity index is 1.10. The maximum absolute atomic E-state index is 7.00. The molecule has 4 aromatic heterocycles. The van der Waals surface area contributed by atoms with E-state index in [1.807, 2.05) is 85.6 Å².